The molecule has 2 nitrogen and oxygen atoms in total. The molecule has 0 saturated carbocycles. The minimum atomic E-state index is 0.426. The van der Waals surface area contributed by atoms with Crippen molar-refractivity contribution in [3.63, 3.8) is 0 Å². The molecule has 0 aromatic rings. The summed E-state index contributed by atoms with van der Waals surface area (Å²) in [5, 5.41) is 8.31. The summed E-state index contributed by atoms with van der Waals surface area (Å²) in [5.41, 5.74) is 0. The first kappa shape index (κ1) is 10.8. The van der Waals surface area contributed by atoms with Gasteiger partial charge in [-0.05, 0) is 34.0 Å². The molecule has 0 saturated heterocycles. The number of hydrogen-bond acceptors (Lipinski definition) is 2. The van der Waals surface area contributed by atoms with Crippen molar-refractivity contribution in [3.05, 3.63) is 0 Å². The van der Waals surface area contributed by atoms with E-state index in [2.05, 4.69) is 32.6 Å². The maximum atomic E-state index is 7.64. The SMILES string of the molecule is CSC(=N)N(C(C)C)C(C)C. The van der Waals surface area contributed by atoms with Crippen LogP contribution in [-0.4, -0.2) is 28.4 Å². The highest BCUT2D eigenvalue weighted by atomic mass is 32.2. The van der Waals surface area contributed by atoms with Gasteiger partial charge in [-0.1, -0.05) is 11.8 Å². The second-order valence-electron chi connectivity index (χ2n) is 3.10. The first-order chi connectivity index (χ1) is 5.00. The molecule has 0 aromatic carbocycles. The molecule has 11 heavy (non-hydrogen) atoms. The average molecular weight is 174 g/mol. The summed E-state index contributed by atoms with van der Waals surface area (Å²) >= 11 is 1.50. The van der Waals surface area contributed by atoms with Crippen molar-refractivity contribution in [2.24, 2.45) is 0 Å². The normalized spacial score (nSPS) is 10.8. The second-order valence-corrected chi connectivity index (χ2v) is 3.90. The van der Waals surface area contributed by atoms with E-state index in [0.29, 0.717) is 17.3 Å². The number of amidine groups is 1. The molecule has 0 fully saturated rings. The Morgan fingerprint density at radius 3 is 1.64 bits per heavy atom. The molecule has 0 atom stereocenters. The standard InChI is InChI=1S/C8H18N2S/c1-6(2)10(7(3)4)8(9)11-5/h6-7,9H,1-5H3. The maximum Gasteiger partial charge on any atom is 0.156 e. The van der Waals surface area contributed by atoms with Gasteiger partial charge in [0.05, 0.1) is 0 Å². The van der Waals surface area contributed by atoms with E-state index in [1.807, 2.05) is 6.26 Å². The summed E-state index contributed by atoms with van der Waals surface area (Å²) in [4.78, 5) is 2.10. The van der Waals surface area contributed by atoms with Gasteiger partial charge in [-0.15, -0.1) is 0 Å². The number of hydrogen-bond donors (Lipinski definition) is 1. The van der Waals surface area contributed by atoms with Crippen molar-refractivity contribution in [1.29, 1.82) is 5.41 Å². The molecule has 0 unspecified atom stereocenters. The Hall–Kier alpha value is -0.180. The van der Waals surface area contributed by atoms with E-state index in [9.17, 15) is 0 Å². The number of nitrogens with one attached hydrogen (secondary N) is 1. The van der Waals surface area contributed by atoms with E-state index in [1.165, 1.54) is 11.8 Å². The first-order valence-electron chi connectivity index (χ1n) is 3.91. The molecule has 0 bridgehead atoms. The third-order valence-electron chi connectivity index (χ3n) is 1.54. The summed E-state index contributed by atoms with van der Waals surface area (Å²) in [7, 11) is 0. The summed E-state index contributed by atoms with van der Waals surface area (Å²) in [6.07, 6.45) is 1.94. The molecule has 0 amide bonds. The van der Waals surface area contributed by atoms with Crippen molar-refractivity contribution in [3.8, 4) is 0 Å². The van der Waals surface area contributed by atoms with Gasteiger partial charge in [0.25, 0.3) is 0 Å². The highest BCUT2D eigenvalue weighted by molar-refractivity contribution is 8.13. The number of thioether (sulfide) groups is 1. The summed E-state index contributed by atoms with van der Waals surface area (Å²) in [6, 6.07) is 0.852. The zero-order valence-electron chi connectivity index (χ0n) is 8.01. The number of rotatable bonds is 2. The fourth-order valence-electron chi connectivity index (χ4n) is 1.17. The molecule has 0 aliphatic heterocycles. The second kappa shape index (κ2) is 4.65. The Labute approximate surface area is 73.9 Å². The van der Waals surface area contributed by atoms with Crippen LogP contribution in [0.5, 0.6) is 0 Å². The summed E-state index contributed by atoms with van der Waals surface area (Å²) in [6.45, 7) is 8.46. The quantitative estimate of drug-likeness (QED) is 0.514. The van der Waals surface area contributed by atoms with Crippen LogP contribution in [0, 0.1) is 5.41 Å². The van der Waals surface area contributed by atoms with Crippen molar-refractivity contribution >= 4 is 16.9 Å². The van der Waals surface area contributed by atoms with Gasteiger partial charge in [0.15, 0.2) is 5.17 Å². The Morgan fingerprint density at radius 1 is 1.18 bits per heavy atom. The van der Waals surface area contributed by atoms with Gasteiger partial charge in [0.1, 0.15) is 0 Å². The topological polar surface area (TPSA) is 27.1 Å². The van der Waals surface area contributed by atoms with Gasteiger partial charge in [0, 0.05) is 12.1 Å². The van der Waals surface area contributed by atoms with Gasteiger partial charge in [0.2, 0.25) is 0 Å². The fraction of sp³-hybridized carbons (Fsp3) is 0.875. The lowest BCUT2D eigenvalue weighted by atomic mass is 10.2. The molecule has 0 aliphatic rings. The van der Waals surface area contributed by atoms with Crippen LogP contribution >= 0.6 is 11.8 Å². The van der Waals surface area contributed by atoms with Gasteiger partial charge >= 0.3 is 0 Å². The van der Waals surface area contributed by atoms with Crippen LogP contribution in [0.1, 0.15) is 27.7 Å². The van der Waals surface area contributed by atoms with Crippen molar-refractivity contribution in [1.82, 2.24) is 4.90 Å². The van der Waals surface area contributed by atoms with Crippen LogP contribution in [0.2, 0.25) is 0 Å². The predicted molar refractivity (Wildman–Crippen MR) is 53.4 cm³/mol. The zero-order chi connectivity index (χ0) is 9.02. The minimum absolute atomic E-state index is 0.426. The molecule has 0 heterocycles. The Kier molecular flexibility index (Phi) is 4.57. The van der Waals surface area contributed by atoms with E-state index >= 15 is 0 Å². The molecule has 66 valence electrons. The molecule has 0 aromatic heterocycles. The number of nitrogens with zero attached hydrogens (tertiary/aromatic N) is 1. The van der Waals surface area contributed by atoms with Crippen molar-refractivity contribution in [2.45, 2.75) is 39.8 Å². The average Bonchev–Trinajstić information content (AvgIpc) is 1.85. The van der Waals surface area contributed by atoms with Crippen LogP contribution < -0.4 is 0 Å². The largest absolute Gasteiger partial charge is 0.347 e. The van der Waals surface area contributed by atoms with Crippen LogP contribution in [-0.2, 0) is 0 Å². The molecular formula is C8H18N2S. The molecule has 0 spiro atoms. The van der Waals surface area contributed by atoms with Gasteiger partial charge in [-0.25, -0.2) is 0 Å². The van der Waals surface area contributed by atoms with E-state index in [1.54, 1.807) is 0 Å². The third kappa shape index (κ3) is 3.14. The van der Waals surface area contributed by atoms with Crippen molar-refractivity contribution in [2.75, 3.05) is 6.26 Å². The van der Waals surface area contributed by atoms with E-state index in [4.69, 9.17) is 5.41 Å². The van der Waals surface area contributed by atoms with E-state index < -0.39 is 0 Å². The van der Waals surface area contributed by atoms with Crippen LogP contribution in [0.25, 0.3) is 0 Å². The van der Waals surface area contributed by atoms with Crippen LogP contribution in [0.4, 0.5) is 0 Å². The summed E-state index contributed by atoms with van der Waals surface area (Å²) < 4.78 is 0. The lowest BCUT2D eigenvalue weighted by Gasteiger charge is -2.31. The smallest absolute Gasteiger partial charge is 0.156 e. The molecule has 1 N–H and O–H groups in total. The van der Waals surface area contributed by atoms with Gasteiger partial charge in [-0.2, -0.15) is 0 Å². The van der Waals surface area contributed by atoms with Crippen LogP contribution in [0.15, 0.2) is 0 Å². The highest BCUT2D eigenvalue weighted by Gasteiger charge is 2.15. The molecule has 0 aliphatic carbocycles. The lowest BCUT2D eigenvalue weighted by Crippen LogP contribution is -2.40. The monoisotopic (exact) mass is 174 g/mol. The molecule has 3 heteroatoms. The Balaban J connectivity index is 4.22. The lowest BCUT2D eigenvalue weighted by molar-refractivity contribution is 0.296. The predicted octanol–water partition coefficient (Wildman–Crippen LogP) is 2.40. The highest BCUT2D eigenvalue weighted by Crippen LogP contribution is 2.11. The van der Waals surface area contributed by atoms with E-state index in [0.717, 1.165) is 0 Å². The first-order valence-corrected chi connectivity index (χ1v) is 5.14. The van der Waals surface area contributed by atoms with Crippen molar-refractivity contribution < 1.29 is 0 Å². The fourth-order valence-corrected chi connectivity index (χ4v) is 1.80. The van der Waals surface area contributed by atoms with Crippen LogP contribution in [0.3, 0.4) is 0 Å². The summed E-state index contributed by atoms with van der Waals surface area (Å²) in [5.74, 6) is 0. The third-order valence-corrected chi connectivity index (χ3v) is 2.14. The Morgan fingerprint density at radius 2 is 1.55 bits per heavy atom. The zero-order valence-corrected chi connectivity index (χ0v) is 8.83. The molecule has 0 radical (unpaired) electrons. The van der Waals surface area contributed by atoms with E-state index in [-0.39, 0.29) is 0 Å². The minimum Gasteiger partial charge on any atom is -0.347 e. The van der Waals surface area contributed by atoms with Gasteiger partial charge in [-0.3, -0.25) is 5.41 Å². The molecule has 0 rings (SSSR count). The maximum absolute atomic E-state index is 7.64. The molecular weight excluding hydrogens is 156 g/mol. The van der Waals surface area contributed by atoms with Gasteiger partial charge < -0.3 is 4.90 Å². The Bertz CT molecular complexity index is 124.